The van der Waals surface area contributed by atoms with Crippen molar-refractivity contribution in [1.29, 1.82) is 0 Å². The van der Waals surface area contributed by atoms with Crippen LogP contribution in [0, 0.1) is 6.92 Å². The number of benzene rings is 1. The van der Waals surface area contributed by atoms with E-state index in [9.17, 15) is 18.0 Å². The summed E-state index contributed by atoms with van der Waals surface area (Å²) in [6.07, 6.45) is -4.92. The maximum absolute atomic E-state index is 12.5. The van der Waals surface area contributed by atoms with Gasteiger partial charge in [-0.2, -0.15) is 13.2 Å². The lowest BCUT2D eigenvalue weighted by molar-refractivity contribution is -0.167. The Hall–Kier alpha value is -1.50. The van der Waals surface area contributed by atoms with E-state index in [1.54, 1.807) is 19.1 Å². The lowest BCUT2D eigenvalue weighted by atomic mass is 10.2. The van der Waals surface area contributed by atoms with E-state index in [1.807, 2.05) is 5.32 Å². The summed E-state index contributed by atoms with van der Waals surface area (Å²) in [6, 6.07) is 4.92. The van der Waals surface area contributed by atoms with Crippen LogP contribution in [-0.2, 0) is 4.79 Å². The molecule has 0 unspecified atom stereocenters. The third-order valence-corrected chi connectivity index (χ3v) is 10.7. The zero-order chi connectivity index (χ0) is 19.6. The van der Waals surface area contributed by atoms with Crippen LogP contribution in [0.2, 0.25) is 16.6 Å². The topological polar surface area (TPSA) is 38.3 Å². The van der Waals surface area contributed by atoms with Crippen LogP contribution in [0.15, 0.2) is 18.2 Å². The Morgan fingerprint density at radius 1 is 1.04 bits per heavy atom. The first-order chi connectivity index (χ1) is 11.3. The molecule has 1 aromatic rings. The van der Waals surface area contributed by atoms with E-state index in [2.05, 4.69) is 41.5 Å². The Balaban J connectivity index is 3.22. The van der Waals surface area contributed by atoms with Crippen LogP contribution >= 0.6 is 0 Å². The van der Waals surface area contributed by atoms with E-state index in [0.717, 1.165) is 0 Å². The third kappa shape index (κ3) is 4.77. The smallest absolute Gasteiger partial charge is 0.471 e. The van der Waals surface area contributed by atoms with E-state index in [1.165, 1.54) is 6.07 Å². The number of amides is 1. The molecule has 0 aliphatic rings. The molecule has 1 aromatic carbocycles. The zero-order valence-corrected chi connectivity index (χ0v) is 16.9. The minimum atomic E-state index is -4.92. The zero-order valence-electron chi connectivity index (χ0n) is 15.9. The molecule has 0 spiro atoms. The molecule has 0 fully saturated rings. The van der Waals surface area contributed by atoms with E-state index in [0.29, 0.717) is 27.9 Å². The fourth-order valence-electron chi connectivity index (χ4n) is 3.55. The van der Waals surface area contributed by atoms with Gasteiger partial charge in [0.15, 0.2) is 0 Å². The average molecular weight is 376 g/mol. The quantitative estimate of drug-likeness (QED) is 0.615. The van der Waals surface area contributed by atoms with Gasteiger partial charge in [-0.3, -0.25) is 4.79 Å². The molecule has 0 heterocycles. The monoisotopic (exact) mass is 375 g/mol. The van der Waals surface area contributed by atoms with E-state index in [4.69, 9.17) is 4.43 Å². The third-order valence-electron chi connectivity index (χ3n) is 4.72. The highest BCUT2D eigenvalue weighted by Crippen LogP contribution is 2.43. The summed E-state index contributed by atoms with van der Waals surface area (Å²) in [4.78, 5) is 11.2. The van der Waals surface area contributed by atoms with Crippen molar-refractivity contribution in [1.82, 2.24) is 0 Å². The van der Waals surface area contributed by atoms with Gasteiger partial charge in [0.2, 0.25) is 0 Å². The van der Waals surface area contributed by atoms with Crippen molar-refractivity contribution >= 4 is 19.9 Å². The van der Waals surface area contributed by atoms with Gasteiger partial charge in [-0.25, -0.2) is 0 Å². The standard InChI is InChI=1S/C18H28F3NO2Si/c1-11(2)25(12(3)4,13(5)6)24-15-9-8-14(7)16(10-15)22-17(23)18(19,20)21/h8-13H,1-7H3,(H,22,23). The van der Waals surface area contributed by atoms with E-state index >= 15 is 0 Å². The molecule has 7 heteroatoms. The Kier molecular flexibility index (Phi) is 6.72. The fourth-order valence-corrected chi connectivity index (χ4v) is 8.79. The summed E-state index contributed by atoms with van der Waals surface area (Å²) in [5.41, 5.74) is 1.68. The first-order valence-corrected chi connectivity index (χ1v) is 10.6. The lowest BCUT2D eigenvalue weighted by Gasteiger charge is -2.42. The second kappa shape index (κ2) is 7.80. The van der Waals surface area contributed by atoms with Gasteiger partial charge >= 0.3 is 12.1 Å². The molecule has 142 valence electrons. The number of alkyl halides is 3. The molecule has 25 heavy (non-hydrogen) atoms. The number of hydrogen-bond donors (Lipinski definition) is 1. The molecule has 0 aliphatic carbocycles. The highest BCUT2D eigenvalue weighted by Gasteiger charge is 2.47. The van der Waals surface area contributed by atoms with Crippen molar-refractivity contribution in [2.45, 2.75) is 71.3 Å². The van der Waals surface area contributed by atoms with Gasteiger partial charge < -0.3 is 9.74 Å². The molecule has 0 atom stereocenters. The average Bonchev–Trinajstić information content (AvgIpc) is 2.45. The maximum Gasteiger partial charge on any atom is 0.471 e. The molecule has 0 aliphatic heterocycles. The van der Waals surface area contributed by atoms with Gasteiger partial charge in [0, 0.05) is 11.8 Å². The minimum absolute atomic E-state index is 0.124. The van der Waals surface area contributed by atoms with Crippen molar-refractivity contribution in [3.63, 3.8) is 0 Å². The number of anilines is 1. The number of carbonyl (C=O) groups is 1. The SMILES string of the molecule is Cc1ccc(O[Si](C(C)C)(C(C)C)C(C)C)cc1NC(=O)C(F)(F)F. The highest BCUT2D eigenvalue weighted by molar-refractivity contribution is 6.78. The van der Waals surface area contributed by atoms with Crippen LogP contribution in [0.3, 0.4) is 0 Å². The van der Waals surface area contributed by atoms with Gasteiger partial charge in [0.25, 0.3) is 8.32 Å². The van der Waals surface area contributed by atoms with E-state index < -0.39 is 20.4 Å². The molecule has 0 saturated carbocycles. The molecule has 1 rings (SSSR count). The number of halogens is 3. The van der Waals surface area contributed by atoms with Gasteiger partial charge in [-0.15, -0.1) is 0 Å². The Bertz CT molecular complexity index is 591. The highest BCUT2D eigenvalue weighted by atomic mass is 28.4. The largest absolute Gasteiger partial charge is 0.543 e. The van der Waals surface area contributed by atoms with Gasteiger partial charge in [0.05, 0.1) is 0 Å². The first kappa shape index (κ1) is 21.5. The molecule has 0 radical (unpaired) electrons. The van der Waals surface area contributed by atoms with Gasteiger partial charge in [-0.1, -0.05) is 47.6 Å². The summed E-state index contributed by atoms with van der Waals surface area (Å²) >= 11 is 0. The summed E-state index contributed by atoms with van der Waals surface area (Å²) < 4.78 is 44.0. The van der Waals surface area contributed by atoms with Gasteiger partial charge in [-0.05, 0) is 35.2 Å². The molecule has 0 aromatic heterocycles. The van der Waals surface area contributed by atoms with Crippen LogP contribution in [0.1, 0.15) is 47.1 Å². The maximum atomic E-state index is 12.5. The van der Waals surface area contributed by atoms with Crippen LogP contribution in [0.25, 0.3) is 0 Å². The second-order valence-corrected chi connectivity index (χ2v) is 12.7. The second-order valence-electron chi connectivity index (χ2n) is 7.35. The summed E-state index contributed by atoms with van der Waals surface area (Å²) in [7, 11) is -2.22. The van der Waals surface area contributed by atoms with Crippen LogP contribution in [0.4, 0.5) is 18.9 Å². The van der Waals surface area contributed by atoms with Crippen LogP contribution in [-0.4, -0.2) is 20.4 Å². The number of rotatable bonds is 6. The predicted octanol–water partition coefficient (Wildman–Crippen LogP) is 6.05. The van der Waals surface area contributed by atoms with Crippen molar-refractivity contribution in [2.24, 2.45) is 0 Å². The molecular weight excluding hydrogens is 347 g/mol. The molecule has 0 saturated heterocycles. The normalized spacial score (nSPS) is 12.8. The molecule has 0 bridgehead atoms. The minimum Gasteiger partial charge on any atom is -0.543 e. The van der Waals surface area contributed by atoms with Crippen molar-refractivity contribution in [3.8, 4) is 5.75 Å². The number of carbonyl (C=O) groups excluding carboxylic acids is 1. The van der Waals surface area contributed by atoms with Crippen molar-refractivity contribution in [3.05, 3.63) is 23.8 Å². The first-order valence-electron chi connectivity index (χ1n) is 8.50. The Labute approximate surface area is 149 Å². The predicted molar refractivity (Wildman–Crippen MR) is 97.5 cm³/mol. The van der Waals surface area contributed by atoms with Crippen molar-refractivity contribution < 1.29 is 22.4 Å². The van der Waals surface area contributed by atoms with Crippen LogP contribution < -0.4 is 9.74 Å². The number of hydrogen-bond acceptors (Lipinski definition) is 2. The van der Waals surface area contributed by atoms with E-state index in [-0.39, 0.29) is 5.69 Å². The lowest BCUT2D eigenvalue weighted by Crippen LogP contribution is -2.50. The summed E-state index contributed by atoms with van der Waals surface area (Å²) in [6.45, 7) is 14.4. The summed E-state index contributed by atoms with van der Waals surface area (Å²) in [5, 5.41) is 1.94. The Morgan fingerprint density at radius 2 is 1.52 bits per heavy atom. The Morgan fingerprint density at radius 3 is 1.92 bits per heavy atom. The molecule has 1 N–H and O–H groups in total. The molecule has 1 amide bonds. The fraction of sp³-hybridized carbons (Fsp3) is 0.611. The molecule has 3 nitrogen and oxygen atoms in total. The summed E-state index contributed by atoms with van der Waals surface area (Å²) in [5.74, 6) is -1.47. The number of nitrogens with one attached hydrogen (secondary N) is 1. The number of aryl methyl sites for hydroxylation is 1. The van der Waals surface area contributed by atoms with Crippen LogP contribution in [0.5, 0.6) is 5.75 Å². The van der Waals surface area contributed by atoms with Gasteiger partial charge in [0.1, 0.15) is 5.75 Å². The van der Waals surface area contributed by atoms with Crippen molar-refractivity contribution in [2.75, 3.05) is 5.32 Å². The molecular formula is C18H28F3NO2Si.